The molecule has 1 aromatic heterocycles. The Hall–Kier alpha value is -2.99. The van der Waals surface area contributed by atoms with E-state index in [1.165, 1.54) is 0 Å². The van der Waals surface area contributed by atoms with Crippen molar-refractivity contribution >= 4 is 52.3 Å². The number of aryl methyl sites for hydroxylation is 1. The molecular formula is C21H22IN7O2. The number of para-hydroxylation sites is 1. The summed E-state index contributed by atoms with van der Waals surface area (Å²) in [6.07, 6.45) is 1.55. The van der Waals surface area contributed by atoms with Crippen molar-refractivity contribution in [2.45, 2.75) is 6.92 Å². The van der Waals surface area contributed by atoms with Gasteiger partial charge in [-0.1, -0.05) is 18.2 Å². The third-order valence-corrected chi connectivity index (χ3v) is 5.23. The average Bonchev–Trinajstić information content (AvgIpc) is 2.78. The Bertz CT molecular complexity index is 1070. The van der Waals surface area contributed by atoms with Crippen LogP contribution in [0.5, 0.6) is 5.75 Å². The zero-order valence-electron chi connectivity index (χ0n) is 16.9. The molecule has 3 N–H and O–H groups in total. The van der Waals surface area contributed by atoms with Crippen molar-refractivity contribution in [3.63, 3.8) is 0 Å². The van der Waals surface area contributed by atoms with Gasteiger partial charge in [-0.15, -0.1) is 0 Å². The second-order valence-electron chi connectivity index (χ2n) is 6.90. The molecule has 1 saturated heterocycles. The fourth-order valence-electron chi connectivity index (χ4n) is 3.05. The molecule has 1 aliphatic heterocycles. The van der Waals surface area contributed by atoms with Gasteiger partial charge in [-0.2, -0.15) is 20.1 Å². The summed E-state index contributed by atoms with van der Waals surface area (Å²) in [7, 11) is 0. The Labute approximate surface area is 193 Å². The number of hydrazone groups is 1. The lowest BCUT2D eigenvalue weighted by atomic mass is 10.1. The van der Waals surface area contributed by atoms with Crippen LogP contribution in [0.4, 0.5) is 23.5 Å². The van der Waals surface area contributed by atoms with Crippen LogP contribution in [0, 0.1) is 10.5 Å². The lowest BCUT2D eigenvalue weighted by Crippen LogP contribution is -2.37. The van der Waals surface area contributed by atoms with Crippen LogP contribution in [0.2, 0.25) is 0 Å². The van der Waals surface area contributed by atoms with Crippen LogP contribution in [0.1, 0.15) is 11.1 Å². The van der Waals surface area contributed by atoms with Crippen molar-refractivity contribution < 1.29 is 9.84 Å². The maximum Gasteiger partial charge on any atom is 0.250 e. The van der Waals surface area contributed by atoms with E-state index in [-0.39, 0.29) is 5.75 Å². The number of hydrogen-bond donors (Lipinski definition) is 3. The van der Waals surface area contributed by atoms with Gasteiger partial charge in [0.1, 0.15) is 5.75 Å². The van der Waals surface area contributed by atoms with E-state index >= 15 is 0 Å². The van der Waals surface area contributed by atoms with Gasteiger partial charge in [-0.3, -0.25) is 0 Å². The molecule has 160 valence electrons. The molecule has 0 amide bonds. The first kappa shape index (κ1) is 21.2. The summed E-state index contributed by atoms with van der Waals surface area (Å²) >= 11 is 2.20. The molecule has 1 fully saturated rings. The zero-order chi connectivity index (χ0) is 21.6. The number of morpholine rings is 1. The lowest BCUT2D eigenvalue weighted by molar-refractivity contribution is 0.122. The fraction of sp³-hybridized carbons (Fsp3) is 0.238. The molecule has 31 heavy (non-hydrogen) atoms. The minimum atomic E-state index is 0.196. The van der Waals surface area contributed by atoms with Gasteiger partial charge in [-0.25, -0.2) is 5.43 Å². The van der Waals surface area contributed by atoms with Gasteiger partial charge in [0.15, 0.2) is 0 Å². The third kappa shape index (κ3) is 5.58. The molecule has 1 aliphatic rings. The molecule has 0 aliphatic carbocycles. The molecule has 9 nitrogen and oxygen atoms in total. The van der Waals surface area contributed by atoms with E-state index in [9.17, 15) is 5.11 Å². The predicted octanol–water partition coefficient (Wildman–Crippen LogP) is 3.52. The van der Waals surface area contributed by atoms with Crippen molar-refractivity contribution in [3.8, 4) is 5.75 Å². The number of benzene rings is 2. The second-order valence-corrected chi connectivity index (χ2v) is 8.15. The molecule has 10 heteroatoms. The Morgan fingerprint density at radius 2 is 1.84 bits per heavy atom. The number of halogens is 1. The number of phenols is 1. The second kappa shape index (κ2) is 9.88. The summed E-state index contributed by atoms with van der Waals surface area (Å²) in [5, 5.41) is 17.7. The van der Waals surface area contributed by atoms with Crippen LogP contribution in [-0.2, 0) is 4.74 Å². The molecule has 3 aromatic rings. The normalized spacial score (nSPS) is 14.1. The van der Waals surface area contributed by atoms with Gasteiger partial charge in [-0.05, 0) is 59.3 Å². The van der Waals surface area contributed by atoms with Gasteiger partial charge in [0.25, 0.3) is 0 Å². The number of anilines is 4. The van der Waals surface area contributed by atoms with Crippen LogP contribution >= 0.6 is 22.6 Å². The Balaban J connectivity index is 1.59. The van der Waals surface area contributed by atoms with Crippen molar-refractivity contribution in [2.75, 3.05) is 41.9 Å². The highest BCUT2D eigenvalue weighted by atomic mass is 127. The number of ether oxygens (including phenoxy) is 1. The maximum absolute atomic E-state index is 10.2. The van der Waals surface area contributed by atoms with E-state index in [2.05, 4.69) is 53.4 Å². The lowest BCUT2D eigenvalue weighted by Gasteiger charge is -2.27. The average molecular weight is 531 g/mol. The summed E-state index contributed by atoms with van der Waals surface area (Å²) in [5.41, 5.74) is 5.13. The van der Waals surface area contributed by atoms with E-state index < -0.39 is 0 Å². The highest BCUT2D eigenvalue weighted by Crippen LogP contribution is 2.23. The van der Waals surface area contributed by atoms with Crippen LogP contribution < -0.4 is 15.6 Å². The van der Waals surface area contributed by atoms with Gasteiger partial charge in [0.2, 0.25) is 17.8 Å². The molecule has 0 radical (unpaired) electrons. The van der Waals surface area contributed by atoms with E-state index in [0.717, 1.165) is 14.8 Å². The number of nitrogens with zero attached hydrogens (tertiary/aromatic N) is 5. The SMILES string of the molecule is Cc1cc(I)cc(/C=N\Nc2nc(Nc3ccccc3)nc(N3CCOCC3)n2)c1O. The third-order valence-electron chi connectivity index (χ3n) is 4.61. The van der Waals surface area contributed by atoms with Gasteiger partial charge in [0.05, 0.1) is 19.4 Å². The summed E-state index contributed by atoms with van der Waals surface area (Å²) in [6.45, 7) is 4.50. The number of hydrogen-bond acceptors (Lipinski definition) is 9. The number of phenolic OH excluding ortho intramolecular Hbond substituents is 1. The topological polar surface area (TPSA) is 108 Å². The van der Waals surface area contributed by atoms with Crippen molar-refractivity contribution in [2.24, 2.45) is 5.10 Å². The van der Waals surface area contributed by atoms with Crippen LogP contribution in [-0.4, -0.2) is 52.6 Å². The summed E-state index contributed by atoms with van der Waals surface area (Å²) < 4.78 is 6.44. The number of aromatic hydroxyl groups is 1. The van der Waals surface area contributed by atoms with Crippen LogP contribution in [0.3, 0.4) is 0 Å². The minimum absolute atomic E-state index is 0.196. The number of aromatic nitrogens is 3. The molecule has 2 heterocycles. The van der Waals surface area contributed by atoms with Crippen LogP contribution in [0.25, 0.3) is 0 Å². The summed E-state index contributed by atoms with van der Waals surface area (Å²) in [4.78, 5) is 15.5. The largest absolute Gasteiger partial charge is 0.507 e. The molecule has 0 bridgehead atoms. The van der Waals surface area contributed by atoms with E-state index in [1.54, 1.807) is 6.21 Å². The van der Waals surface area contributed by atoms with E-state index in [4.69, 9.17) is 4.74 Å². The number of rotatable bonds is 6. The quantitative estimate of drug-likeness (QED) is 0.252. The summed E-state index contributed by atoms with van der Waals surface area (Å²) in [5.74, 6) is 1.45. The van der Waals surface area contributed by atoms with E-state index in [1.807, 2.05) is 54.3 Å². The zero-order valence-corrected chi connectivity index (χ0v) is 19.1. The van der Waals surface area contributed by atoms with Gasteiger partial charge in [0, 0.05) is 27.9 Å². The molecule has 0 spiro atoms. The van der Waals surface area contributed by atoms with Crippen molar-refractivity contribution in [1.82, 2.24) is 15.0 Å². The van der Waals surface area contributed by atoms with Crippen molar-refractivity contribution in [1.29, 1.82) is 0 Å². The Kier molecular flexibility index (Phi) is 6.77. The molecule has 0 unspecified atom stereocenters. The van der Waals surface area contributed by atoms with E-state index in [0.29, 0.717) is 49.7 Å². The monoisotopic (exact) mass is 531 g/mol. The number of nitrogens with one attached hydrogen (secondary N) is 2. The first-order chi connectivity index (χ1) is 15.1. The Morgan fingerprint density at radius 3 is 2.61 bits per heavy atom. The summed E-state index contributed by atoms with van der Waals surface area (Å²) in [6, 6.07) is 13.4. The van der Waals surface area contributed by atoms with Crippen LogP contribution in [0.15, 0.2) is 47.6 Å². The Morgan fingerprint density at radius 1 is 1.10 bits per heavy atom. The highest BCUT2D eigenvalue weighted by molar-refractivity contribution is 14.1. The molecule has 0 atom stereocenters. The first-order valence-corrected chi connectivity index (χ1v) is 10.9. The highest BCUT2D eigenvalue weighted by Gasteiger charge is 2.16. The molecule has 4 rings (SSSR count). The molecular weight excluding hydrogens is 509 g/mol. The minimum Gasteiger partial charge on any atom is -0.507 e. The predicted molar refractivity (Wildman–Crippen MR) is 129 cm³/mol. The molecule has 2 aromatic carbocycles. The van der Waals surface area contributed by atoms with Crippen molar-refractivity contribution in [3.05, 3.63) is 57.2 Å². The standard InChI is InChI=1S/C21H22IN7O2/c1-14-11-16(22)12-15(18(14)30)13-23-28-20-25-19(24-17-5-3-2-4-6-17)26-21(27-20)29-7-9-31-10-8-29/h2-6,11-13,30H,7-10H2,1H3,(H2,24,25,26,27,28)/b23-13-. The smallest absolute Gasteiger partial charge is 0.250 e. The van der Waals surface area contributed by atoms with Gasteiger partial charge >= 0.3 is 0 Å². The fourth-order valence-corrected chi connectivity index (χ4v) is 3.85. The van der Waals surface area contributed by atoms with Gasteiger partial charge < -0.3 is 20.1 Å². The molecule has 0 saturated carbocycles. The first-order valence-electron chi connectivity index (χ1n) is 9.77. The maximum atomic E-state index is 10.2.